The SMILES string of the molecule is NC1C=CC(C(=O)NC23CC4CC(CC(C4)C2)C3)C1. The lowest BCUT2D eigenvalue weighted by molar-refractivity contribution is -0.129. The number of hydrogen-bond donors (Lipinski definition) is 2. The molecule has 5 aliphatic carbocycles. The maximum Gasteiger partial charge on any atom is 0.227 e. The molecule has 0 spiro atoms. The summed E-state index contributed by atoms with van der Waals surface area (Å²) in [5.41, 5.74) is 6.00. The number of amides is 1. The van der Waals surface area contributed by atoms with Crippen LogP contribution in [-0.4, -0.2) is 17.5 Å². The number of carbonyl (C=O) groups excluding carboxylic acids is 1. The summed E-state index contributed by atoms with van der Waals surface area (Å²) >= 11 is 0. The zero-order valence-corrected chi connectivity index (χ0v) is 11.5. The summed E-state index contributed by atoms with van der Waals surface area (Å²) in [6, 6.07) is 0.0760. The van der Waals surface area contributed by atoms with E-state index in [0.717, 1.165) is 24.2 Å². The lowest BCUT2D eigenvalue weighted by atomic mass is 9.53. The van der Waals surface area contributed by atoms with Crippen LogP contribution in [0.25, 0.3) is 0 Å². The Bertz CT molecular complexity index is 393. The Labute approximate surface area is 115 Å². The van der Waals surface area contributed by atoms with E-state index in [1.807, 2.05) is 12.2 Å². The van der Waals surface area contributed by atoms with E-state index in [0.29, 0.717) is 0 Å². The van der Waals surface area contributed by atoms with E-state index in [-0.39, 0.29) is 23.4 Å². The highest BCUT2D eigenvalue weighted by atomic mass is 16.2. The van der Waals surface area contributed by atoms with Crippen LogP contribution in [0.3, 0.4) is 0 Å². The summed E-state index contributed by atoms with van der Waals surface area (Å²) in [5.74, 6) is 2.89. The molecule has 0 aliphatic heterocycles. The summed E-state index contributed by atoms with van der Waals surface area (Å²) < 4.78 is 0. The van der Waals surface area contributed by atoms with Gasteiger partial charge in [0, 0.05) is 11.6 Å². The minimum Gasteiger partial charge on any atom is -0.350 e. The van der Waals surface area contributed by atoms with Crippen molar-refractivity contribution in [1.82, 2.24) is 5.32 Å². The van der Waals surface area contributed by atoms with Crippen LogP contribution in [0.15, 0.2) is 12.2 Å². The molecule has 4 saturated carbocycles. The van der Waals surface area contributed by atoms with Gasteiger partial charge >= 0.3 is 0 Å². The van der Waals surface area contributed by atoms with Crippen LogP contribution in [0.1, 0.15) is 44.9 Å². The maximum absolute atomic E-state index is 12.5. The molecule has 0 saturated heterocycles. The summed E-state index contributed by atoms with van der Waals surface area (Å²) in [4.78, 5) is 12.5. The van der Waals surface area contributed by atoms with Crippen LogP contribution < -0.4 is 11.1 Å². The molecule has 3 nitrogen and oxygen atoms in total. The molecule has 4 fully saturated rings. The van der Waals surface area contributed by atoms with Crippen molar-refractivity contribution in [3.8, 4) is 0 Å². The Morgan fingerprint density at radius 1 is 1.00 bits per heavy atom. The first-order chi connectivity index (χ1) is 9.12. The molecule has 4 bridgehead atoms. The van der Waals surface area contributed by atoms with Crippen molar-refractivity contribution in [2.45, 2.75) is 56.5 Å². The first-order valence-corrected chi connectivity index (χ1v) is 7.88. The third-order valence-corrected chi connectivity index (χ3v) is 5.88. The second kappa shape index (κ2) is 4.08. The molecule has 3 heteroatoms. The van der Waals surface area contributed by atoms with Gasteiger partial charge in [-0.2, -0.15) is 0 Å². The minimum atomic E-state index is 0.0167. The van der Waals surface area contributed by atoms with Gasteiger partial charge in [-0.05, 0) is 62.7 Å². The molecule has 3 N–H and O–H groups in total. The number of rotatable bonds is 2. The summed E-state index contributed by atoms with van der Waals surface area (Å²) in [5, 5.41) is 3.44. The van der Waals surface area contributed by atoms with Crippen molar-refractivity contribution in [2.75, 3.05) is 0 Å². The average Bonchev–Trinajstić information content (AvgIpc) is 2.73. The summed E-state index contributed by atoms with van der Waals surface area (Å²) in [6.07, 6.45) is 12.7. The van der Waals surface area contributed by atoms with Gasteiger partial charge in [-0.1, -0.05) is 12.2 Å². The monoisotopic (exact) mass is 260 g/mol. The van der Waals surface area contributed by atoms with Crippen LogP contribution in [0.4, 0.5) is 0 Å². The van der Waals surface area contributed by atoms with E-state index in [1.165, 1.54) is 38.5 Å². The number of nitrogens with one attached hydrogen (secondary N) is 1. The van der Waals surface area contributed by atoms with E-state index >= 15 is 0 Å². The van der Waals surface area contributed by atoms with E-state index < -0.39 is 0 Å². The second-order valence-electron chi connectivity index (χ2n) is 7.58. The highest BCUT2D eigenvalue weighted by molar-refractivity contribution is 5.82. The topological polar surface area (TPSA) is 55.1 Å². The number of hydrogen-bond acceptors (Lipinski definition) is 2. The summed E-state index contributed by atoms with van der Waals surface area (Å²) in [7, 11) is 0. The molecule has 0 aromatic heterocycles. The first-order valence-electron chi connectivity index (χ1n) is 7.88. The minimum absolute atomic E-state index is 0.0167. The Morgan fingerprint density at radius 3 is 2.05 bits per heavy atom. The van der Waals surface area contributed by atoms with Gasteiger partial charge in [0.2, 0.25) is 5.91 Å². The van der Waals surface area contributed by atoms with Gasteiger partial charge in [0.15, 0.2) is 0 Å². The fourth-order valence-corrected chi connectivity index (χ4v) is 5.54. The lowest BCUT2D eigenvalue weighted by Gasteiger charge is -2.57. The van der Waals surface area contributed by atoms with Crippen molar-refractivity contribution >= 4 is 5.91 Å². The third kappa shape index (κ3) is 2.03. The van der Waals surface area contributed by atoms with Crippen LogP contribution in [0.2, 0.25) is 0 Å². The smallest absolute Gasteiger partial charge is 0.227 e. The molecule has 1 amide bonds. The Hall–Kier alpha value is -0.830. The van der Waals surface area contributed by atoms with Crippen molar-refractivity contribution in [2.24, 2.45) is 29.4 Å². The Balaban J connectivity index is 1.47. The zero-order valence-electron chi connectivity index (χ0n) is 11.5. The zero-order chi connectivity index (χ0) is 13.0. The predicted octanol–water partition coefficient (Wildman–Crippen LogP) is 1.97. The summed E-state index contributed by atoms with van der Waals surface area (Å²) in [6.45, 7) is 0. The molecule has 19 heavy (non-hydrogen) atoms. The second-order valence-corrected chi connectivity index (χ2v) is 7.58. The molecule has 0 aromatic rings. The average molecular weight is 260 g/mol. The standard InChI is InChI=1S/C16H24N2O/c17-14-2-1-13(6-14)15(19)18-16-7-10-3-11(8-16)5-12(4-10)9-16/h1-2,10-14H,3-9,17H2,(H,18,19). The lowest BCUT2D eigenvalue weighted by Crippen LogP contribution is -2.60. The van der Waals surface area contributed by atoms with Crippen LogP contribution in [0.5, 0.6) is 0 Å². The Kier molecular flexibility index (Phi) is 2.57. The largest absolute Gasteiger partial charge is 0.350 e. The van der Waals surface area contributed by atoms with Gasteiger partial charge in [0.25, 0.3) is 0 Å². The first kappa shape index (κ1) is 12.0. The van der Waals surface area contributed by atoms with Gasteiger partial charge < -0.3 is 11.1 Å². The maximum atomic E-state index is 12.5. The van der Waals surface area contributed by atoms with Crippen molar-refractivity contribution < 1.29 is 4.79 Å². The third-order valence-electron chi connectivity index (χ3n) is 5.88. The van der Waals surface area contributed by atoms with Crippen molar-refractivity contribution in [3.05, 3.63) is 12.2 Å². The van der Waals surface area contributed by atoms with Crippen molar-refractivity contribution in [1.29, 1.82) is 0 Å². The van der Waals surface area contributed by atoms with Gasteiger partial charge in [0.1, 0.15) is 0 Å². The molecule has 0 radical (unpaired) electrons. The van der Waals surface area contributed by atoms with E-state index in [4.69, 9.17) is 5.73 Å². The highest BCUT2D eigenvalue weighted by Gasteiger charge is 2.51. The number of carbonyl (C=O) groups is 1. The van der Waals surface area contributed by atoms with Gasteiger partial charge in [-0.15, -0.1) is 0 Å². The fraction of sp³-hybridized carbons (Fsp3) is 0.812. The molecule has 5 aliphatic rings. The normalized spacial score (nSPS) is 50.7. The molecular weight excluding hydrogens is 236 g/mol. The van der Waals surface area contributed by atoms with Gasteiger partial charge in [-0.25, -0.2) is 0 Å². The van der Waals surface area contributed by atoms with Crippen LogP contribution >= 0.6 is 0 Å². The molecular formula is C16H24N2O. The van der Waals surface area contributed by atoms with Gasteiger partial charge in [-0.3, -0.25) is 4.79 Å². The van der Waals surface area contributed by atoms with E-state index in [2.05, 4.69) is 5.32 Å². The van der Waals surface area contributed by atoms with Crippen LogP contribution in [0, 0.1) is 23.7 Å². The van der Waals surface area contributed by atoms with E-state index in [1.54, 1.807) is 0 Å². The molecule has 0 heterocycles. The fourth-order valence-electron chi connectivity index (χ4n) is 5.54. The molecule has 5 rings (SSSR count). The molecule has 104 valence electrons. The van der Waals surface area contributed by atoms with E-state index in [9.17, 15) is 4.79 Å². The van der Waals surface area contributed by atoms with Crippen LogP contribution in [-0.2, 0) is 4.79 Å². The van der Waals surface area contributed by atoms with Gasteiger partial charge in [0.05, 0.1) is 5.92 Å². The molecule has 2 atom stereocenters. The molecule has 0 aromatic carbocycles. The number of nitrogens with two attached hydrogens (primary N) is 1. The van der Waals surface area contributed by atoms with Crippen molar-refractivity contribution in [3.63, 3.8) is 0 Å². The highest BCUT2D eigenvalue weighted by Crippen LogP contribution is 2.55. The Morgan fingerprint density at radius 2 is 1.58 bits per heavy atom. The quantitative estimate of drug-likeness (QED) is 0.746. The molecule has 2 unspecified atom stereocenters. The predicted molar refractivity (Wildman–Crippen MR) is 74.3 cm³/mol.